The maximum Gasteiger partial charge on any atom is 0.328 e. The van der Waals surface area contributed by atoms with Crippen LogP contribution in [-0.2, 0) is 30.3 Å². The standard InChI is InChI=1S/C19H25N3O6/c1-12(2)28-19(26)16(9-8-15(24)11-21-20)22-18(25)17(27-3)10-13-4-6-14(23)7-5-13/h4-7,11-12,16-17,23H,8-10H2,1-3H3,(H,22,25)/t16-,17-/m0/s1. The van der Waals surface area contributed by atoms with Crippen LogP contribution in [0.25, 0.3) is 5.53 Å². The van der Waals surface area contributed by atoms with Gasteiger partial charge in [-0.25, -0.2) is 4.79 Å². The van der Waals surface area contributed by atoms with Crippen molar-refractivity contribution < 1.29 is 33.8 Å². The summed E-state index contributed by atoms with van der Waals surface area (Å²) in [5, 5.41) is 11.9. The molecule has 1 aromatic carbocycles. The summed E-state index contributed by atoms with van der Waals surface area (Å²) in [4.78, 5) is 39.0. The van der Waals surface area contributed by atoms with Crippen molar-refractivity contribution in [3.8, 4) is 5.75 Å². The van der Waals surface area contributed by atoms with Gasteiger partial charge in [0.2, 0.25) is 11.7 Å². The third kappa shape index (κ3) is 8.11. The van der Waals surface area contributed by atoms with Gasteiger partial charge in [0.15, 0.2) is 0 Å². The number of hydrogen-bond donors (Lipinski definition) is 2. The number of ketones is 1. The molecule has 9 heteroatoms. The van der Waals surface area contributed by atoms with Gasteiger partial charge in [0, 0.05) is 20.0 Å². The number of phenolic OH excluding ortho intramolecular Hbond substituents is 1. The molecule has 0 aliphatic heterocycles. The molecule has 0 aromatic heterocycles. The van der Waals surface area contributed by atoms with Crippen molar-refractivity contribution in [2.75, 3.05) is 7.11 Å². The number of aromatic hydroxyl groups is 1. The maximum absolute atomic E-state index is 12.6. The maximum atomic E-state index is 12.6. The van der Waals surface area contributed by atoms with E-state index in [2.05, 4.69) is 10.1 Å². The molecule has 0 aliphatic carbocycles. The first-order chi connectivity index (χ1) is 13.3. The average Bonchev–Trinajstić information content (AvgIpc) is 2.64. The highest BCUT2D eigenvalue weighted by Crippen LogP contribution is 2.13. The van der Waals surface area contributed by atoms with Crippen LogP contribution in [0.4, 0.5) is 0 Å². The Morgan fingerprint density at radius 3 is 2.43 bits per heavy atom. The number of carbonyl (C=O) groups is 3. The average molecular weight is 391 g/mol. The lowest BCUT2D eigenvalue weighted by Gasteiger charge is -2.22. The highest BCUT2D eigenvalue weighted by Gasteiger charge is 2.28. The number of methoxy groups -OCH3 is 1. The lowest BCUT2D eigenvalue weighted by atomic mass is 10.1. The van der Waals surface area contributed by atoms with Gasteiger partial charge in [0.1, 0.15) is 17.9 Å². The normalized spacial score (nSPS) is 12.6. The van der Waals surface area contributed by atoms with Crippen molar-refractivity contribution in [1.82, 2.24) is 5.32 Å². The number of esters is 1. The Balaban J connectivity index is 2.82. The summed E-state index contributed by atoms with van der Waals surface area (Å²) in [5.41, 5.74) is 9.15. The minimum atomic E-state index is -1.05. The van der Waals surface area contributed by atoms with Gasteiger partial charge in [-0.05, 0) is 38.0 Å². The molecular formula is C19H25N3O6. The largest absolute Gasteiger partial charge is 0.508 e. The molecule has 0 fully saturated rings. The van der Waals surface area contributed by atoms with Gasteiger partial charge in [-0.3, -0.25) is 9.59 Å². The molecule has 0 radical (unpaired) electrons. The van der Waals surface area contributed by atoms with Crippen molar-refractivity contribution in [3.05, 3.63) is 35.4 Å². The number of phenols is 1. The number of carbonyl (C=O) groups excluding carboxylic acids is 3. The lowest BCUT2D eigenvalue weighted by Crippen LogP contribution is -2.48. The zero-order valence-electron chi connectivity index (χ0n) is 16.1. The minimum Gasteiger partial charge on any atom is -0.508 e. The van der Waals surface area contributed by atoms with Crippen LogP contribution in [0.1, 0.15) is 32.3 Å². The van der Waals surface area contributed by atoms with E-state index in [1.54, 1.807) is 26.0 Å². The second-order valence-electron chi connectivity index (χ2n) is 6.39. The molecule has 152 valence electrons. The zero-order valence-corrected chi connectivity index (χ0v) is 16.1. The highest BCUT2D eigenvalue weighted by molar-refractivity contribution is 6.25. The van der Waals surface area contributed by atoms with Gasteiger partial charge in [-0.2, -0.15) is 4.79 Å². The van der Waals surface area contributed by atoms with Crippen molar-refractivity contribution in [2.24, 2.45) is 0 Å². The Kier molecular flexibility index (Phi) is 9.56. The van der Waals surface area contributed by atoms with Crippen LogP contribution < -0.4 is 5.32 Å². The first-order valence-corrected chi connectivity index (χ1v) is 8.78. The molecule has 28 heavy (non-hydrogen) atoms. The lowest BCUT2D eigenvalue weighted by molar-refractivity contribution is -0.152. The van der Waals surface area contributed by atoms with Crippen LogP contribution in [0, 0.1) is 0 Å². The molecule has 1 aromatic rings. The van der Waals surface area contributed by atoms with E-state index < -0.39 is 35.9 Å². The number of benzene rings is 1. The van der Waals surface area contributed by atoms with Crippen molar-refractivity contribution in [1.29, 1.82) is 0 Å². The minimum absolute atomic E-state index is 0.0161. The predicted octanol–water partition coefficient (Wildman–Crippen LogP) is 1.04. The number of hydrogen-bond acceptors (Lipinski definition) is 6. The van der Waals surface area contributed by atoms with Crippen LogP contribution in [-0.4, -0.2) is 59.1 Å². The van der Waals surface area contributed by atoms with E-state index in [-0.39, 0.29) is 25.0 Å². The molecule has 1 rings (SSSR count). The van der Waals surface area contributed by atoms with Crippen LogP contribution in [0.3, 0.4) is 0 Å². The first-order valence-electron chi connectivity index (χ1n) is 8.78. The number of ether oxygens (including phenoxy) is 2. The van der Waals surface area contributed by atoms with Gasteiger partial charge < -0.3 is 25.4 Å². The quantitative estimate of drug-likeness (QED) is 0.250. The number of nitrogens with zero attached hydrogens (tertiary/aromatic N) is 2. The monoisotopic (exact) mass is 391 g/mol. The molecule has 0 unspecified atom stereocenters. The van der Waals surface area contributed by atoms with E-state index in [0.29, 0.717) is 0 Å². The molecule has 0 spiro atoms. The van der Waals surface area contributed by atoms with Gasteiger partial charge in [0.05, 0.1) is 6.10 Å². The molecule has 1 amide bonds. The fraction of sp³-hybridized carbons (Fsp3) is 0.474. The number of nitrogens with one attached hydrogen (secondary N) is 1. The van der Waals surface area contributed by atoms with Crippen molar-refractivity contribution in [3.63, 3.8) is 0 Å². The van der Waals surface area contributed by atoms with E-state index >= 15 is 0 Å². The molecule has 0 bridgehead atoms. The molecule has 2 N–H and O–H groups in total. The third-order valence-electron chi connectivity index (χ3n) is 3.77. The molecule has 0 aliphatic rings. The predicted molar refractivity (Wildman–Crippen MR) is 99.7 cm³/mol. The topological polar surface area (TPSA) is 138 Å². The number of Topliss-reactive ketones (excluding diaryl/α,β-unsaturated/α-hetero) is 1. The van der Waals surface area contributed by atoms with Crippen molar-refractivity contribution >= 4 is 23.9 Å². The molecule has 0 saturated carbocycles. The third-order valence-corrected chi connectivity index (χ3v) is 3.77. The number of rotatable bonds is 11. The summed E-state index contributed by atoms with van der Waals surface area (Å²) < 4.78 is 10.4. The molecule has 2 atom stereocenters. The Hall–Kier alpha value is -3.03. The van der Waals surface area contributed by atoms with Crippen LogP contribution in [0.5, 0.6) is 5.75 Å². The van der Waals surface area contributed by atoms with E-state index in [1.807, 2.05) is 0 Å². The molecule has 0 heterocycles. The van der Waals surface area contributed by atoms with E-state index in [1.165, 1.54) is 19.2 Å². The van der Waals surface area contributed by atoms with Crippen molar-refractivity contribution in [2.45, 2.75) is 51.4 Å². The summed E-state index contributed by atoms with van der Waals surface area (Å²) in [6, 6.07) is 5.26. The van der Waals surface area contributed by atoms with Gasteiger partial charge in [-0.15, -0.1) is 0 Å². The SMILES string of the molecule is CO[C@@H](Cc1ccc(O)cc1)C(=O)N[C@@H](CCC(=O)C=[N+]=[N-])C(=O)OC(C)C. The second kappa shape index (κ2) is 11.6. The summed E-state index contributed by atoms with van der Waals surface area (Å²) in [7, 11) is 1.37. The first kappa shape index (κ1) is 23.0. The Morgan fingerprint density at radius 2 is 1.89 bits per heavy atom. The van der Waals surface area contributed by atoms with E-state index in [9.17, 15) is 19.5 Å². The molecule has 9 nitrogen and oxygen atoms in total. The smallest absolute Gasteiger partial charge is 0.328 e. The van der Waals surface area contributed by atoms with Gasteiger partial charge in [-0.1, -0.05) is 12.1 Å². The summed E-state index contributed by atoms with van der Waals surface area (Å²) >= 11 is 0. The van der Waals surface area contributed by atoms with Crippen LogP contribution in [0.15, 0.2) is 24.3 Å². The fourth-order valence-corrected chi connectivity index (χ4v) is 2.37. The Bertz CT molecular complexity index is 726. The summed E-state index contributed by atoms with van der Waals surface area (Å²) in [6.07, 6.45) is -0.444. The zero-order chi connectivity index (χ0) is 21.1. The van der Waals surface area contributed by atoms with E-state index in [4.69, 9.17) is 15.0 Å². The Labute approximate surface area is 163 Å². The summed E-state index contributed by atoms with van der Waals surface area (Å²) in [6.45, 7) is 3.34. The van der Waals surface area contributed by atoms with E-state index in [0.717, 1.165) is 11.8 Å². The molecular weight excluding hydrogens is 366 g/mol. The van der Waals surface area contributed by atoms with Crippen LogP contribution in [0.2, 0.25) is 0 Å². The Morgan fingerprint density at radius 1 is 1.25 bits per heavy atom. The number of amides is 1. The van der Waals surface area contributed by atoms with Gasteiger partial charge >= 0.3 is 12.2 Å². The fourth-order valence-electron chi connectivity index (χ4n) is 2.37. The molecule has 0 saturated heterocycles. The highest BCUT2D eigenvalue weighted by atomic mass is 16.5. The summed E-state index contributed by atoms with van der Waals surface area (Å²) in [5.74, 6) is -1.60. The van der Waals surface area contributed by atoms with Gasteiger partial charge in [0.25, 0.3) is 0 Å². The second-order valence-corrected chi connectivity index (χ2v) is 6.39. The van der Waals surface area contributed by atoms with Crippen LogP contribution >= 0.6 is 0 Å².